The molecule has 64 heavy (non-hydrogen) atoms. The van der Waals surface area contributed by atoms with Crippen LogP contribution in [0.3, 0.4) is 0 Å². The molecule has 0 unspecified atom stereocenters. The summed E-state index contributed by atoms with van der Waals surface area (Å²) in [5.74, 6) is -2.01. The van der Waals surface area contributed by atoms with Crippen molar-refractivity contribution in [3.8, 4) is 16.9 Å². The summed E-state index contributed by atoms with van der Waals surface area (Å²) in [5, 5.41) is 17.7. The predicted octanol–water partition coefficient (Wildman–Crippen LogP) is 5.37. The van der Waals surface area contributed by atoms with Crippen LogP contribution in [-0.2, 0) is 41.3 Å². The lowest BCUT2D eigenvalue weighted by atomic mass is 10.0. The van der Waals surface area contributed by atoms with E-state index in [-0.39, 0.29) is 54.6 Å². The van der Waals surface area contributed by atoms with Gasteiger partial charge in [-0.25, -0.2) is 9.78 Å². The van der Waals surface area contributed by atoms with Crippen LogP contribution in [0.4, 0.5) is 22.7 Å². The van der Waals surface area contributed by atoms with Gasteiger partial charge in [-0.15, -0.1) is 0 Å². The Morgan fingerprint density at radius 1 is 0.906 bits per heavy atom. The molecule has 5 aromatic rings. The second kappa shape index (κ2) is 18.5. The highest BCUT2D eigenvalue weighted by Gasteiger charge is 2.37. The minimum absolute atomic E-state index is 0.0412. The van der Waals surface area contributed by atoms with Crippen LogP contribution in [0.25, 0.3) is 11.1 Å². The number of nitrogens with one attached hydrogen (secondary N) is 3. The summed E-state index contributed by atoms with van der Waals surface area (Å²) in [6.07, 6.45) is 6.35. The summed E-state index contributed by atoms with van der Waals surface area (Å²) in [4.78, 5) is 87.8. The lowest BCUT2D eigenvalue weighted by Gasteiger charge is -2.23. The van der Waals surface area contributed by atoms with E-state index in [2.05, 4.69) is 25.9 Å². The van der Waals surface area contributed by atoms with Crippen LogP contribution in [0.2, 0.25) is 0 Å². The normalized spacial score (nSPS) is 14.8. The van der Waals surface area contributed by atoms with E-state index in [1.165, 1.54) is 4.57 Å². The van der Waals surface area contributed by atoms with Gasteiger partial charge in [-0.05, 0) is 79.3 Å². The zero-order valence-electron chi connectivity index (χ0n) is 36.5. The summed E-state index contributed by atoms with van der Waals surface area (Å²) < 4.78 is 9.19. The van der Waals surface area contributed by atoms with E-state index in [0.29, 0.717) is 52.6 Å². The Balaban J connectivity index is 0.906. The maximum atomic E-state index is 14.1. The number of carboxylic acids is 1. The summed E-state index contributed by atoms with van der Waals surface area (Å²) >= 11 is 0. The lowest BCUT2D eigenvalue weighted by molar-refractivity contribution is -0.127. The highest BCUT2D eigenvalue weighted by Crippen LogP contribution is 2.40. The number of aliphatic imine (C=N–C) groups is 1. The number of carbonyl (C=O) groups excluding carboxylic acids is 5. The maximum Gasteiger partial charge on any atom is 0.352 e. The molecule has 2 aromatic heterocycles. The Morgan fingerprint density at radius 3 is 2.34 bits per heavy atom. The van der Waals surface area contributed by atoms with E-state index in [0.717, 1.165) is 22.3 Å². The van der Waals surface area contributed by atoms with Crippen molar-refractivity contribution in [2.75, 3.05) is 22.1 Å². The van der Waals surface area contributed by atoms with Crippen molar-refractivity contribution in [2.45, 2.75) is 71.5 Å². The molecule has 4 heterocycles. The van der Waals surface area contributed by atoms with Gasteiger partial charge in [0.15, 0.2) is 5.82 Å². The smallest absolute Gasteiger partial charge is 0.352 e. The Bertz CT molecular complexity index is 2700. The van der Waals surface area contributed by atoms with Crippen molar-refractivity contribution < 1.29 is 38.6 Å². The molecule has 17 nitrogen and oxygen atoms in total. The number of ketones is 1. The Kier molecular flexibility index (Phi) is 12.9. The zero-order chi connectivity index (χ0) is 46.0. The number of amides is 4. The number of carboxylic acid groups (broad SMARTS) is 1. The third-order valence-electron chi connectivity index (χ3n) is 11.3. The maximum absolute atomic E-state index is 14.1. The number of fused-ring (bicyclic) bond motifs is 4. The van der Waals surface area contributed by atoms with Crippen LogP contribution in [0.5, 0.6) is 5.75 Å². The Labute approximate surface area is 369 Å². The number of ether oxygens (including phenoxy) is 1. The van der Waals surface area contributed by atoms with Crippen molar-refractivity contribution in [1.29, 1.82) is 0 Å². The molecule has 3 aromatic carbocycles. The van der Waals surface area contributed by atoms with Crippen LogP contribution in [0, 0.1) is 12.8 Å². The number of benzene rings is 3. The average molecular weight is 870 g/mol. The first-order valence-electron chi connectivity index (χ1n) is 21.0. The summed E-state index contributed by atoms with van der Waals surface area (Å²) in [7, 11) is 3.35. The molecule has 17 heteroatoms. The number of nitrogens with zero attached hydrogens (tertiary/aromatic N) is 5. The van der Waals surface area contributed by atoms with Crippen LogP contribution in [0.15, 0.2) is 78.0 Å². The number of aryl methyl sites for hydroxylation is 3. The molecule has 0 saturated heterocycles. The van der Waals surface area contributed by atoms with E-state index in [4.69, 9.17) is 10.5 Å². The van der Waals surface area contributed by atoms with Crippen molar-refractivity contribution in [3.05, 3.63) is 107 Å². The molecule has 6 N–H and O–H groups in total. The van der Waals surface area contributed by atoms with E-state index < -0.39 is 35.8 Å². The molecule has 3 atom stereocenters. The number of Topliss-reactive ketones (excluding diaryl/α,β-unsaturated/α-hetero) is 1. The summed E-state index contributed by atoms with van der Waals surface area (Å²) in [6, 6.07) is 15.6. The molecule has 0 spiro atoms. The van der Waals surface area contributed by atoms with Crippen molar-refractivity contribution in [2.24, 2.45) is 30.7 Å². The van der Waals surface area contributed by atoms with Gasteiger partial charge in [-0.2, -0.15) is 0 Å². The van der Waals surface area contributed by atoms with Gasteiger partial charge in [0.25, 0.3) is 11.8 Å². The van der Waals surface area contributed by atoms with Gasteiger partial charge < -0.3 is 40.7 Å². The van der Waals surface area contributed by atoms with E-state index in [1.54, 1.807) is 104 Å². The highest BCUT2D eigenvalue weighted by molar-refractivity contribution is 6.15. The standard InChI is InChI=1S/C47H51N9O8/c1-25(2)41(48)44(59)50-27(4)43(58)53-32-14-11-29-17-34-22-49-37-21-40(26(3)16-36(37)46(61)56(34)38(29)20-32)64-15-7-8-35(57)19-33-24-55(6)42(51-33)45(60)52-31-12-9-28(10-13-31)30-18-39(47(62)63)54(5)23-30/h9-14,16,18,20-25,27,34,41H,7-8,15,17,19,48H2,1-6H3,(H,50,59)(H,52,60)(H,53,58)(H,62,63)/t27-,34-,41-/m0/s1. The summed E-state index contributed by atoms with van der Waals surface area (Å²) in [6.45, 7) is 7.32. The molecular formula is C47H51N9O8. The molecule has 332 valence electrons. The molecule has 0 aliphatic carbocycles. The fourth-order valence-electron chi connectivity index (χ4n) is 7.68. The molecule has 4 amide bonds. The molecular weight excluding hydrogens is 819 g/mol. The molecule has 2 aliphatic heterocycles. The van der Waals surface area contributed by atoms with Crippen molar-refractivity contribution in [3.63, 3.8) is 0 Å². The first-order chi connectivity index (χ1) is 30.5. The van der Waals surface area contributed by atoms with Crippen molar-refractivity contribution >= 4 is 64.3 Å². The Hall–Kier alpha value is -7.40. The molecule has 0 radical (unpaired) electrons. The number of nitrogens with two attached hydrogens (primary N) is 1. The largest absolute Gasteiger partial charge is 0.493 e. The fourth-order valence-corrected chi connectivity index (χ4v) is 7.68. The monoisotopic (exact) mass is 869 g/mol. The van der Waals surface area contributed by atoms with Crippen LogP contribution < -0.4 is 31.3 Å². The zero-order valence-corrected chi connectivity index (χ0v) is 36.5. The number of aromatic nitrogens is 3. The fraction of sp³-hybridized carbons (Fsp3) is 0.319. The first-order valence-corrected chi connectivity index (χ1v) is 21.0. The minimum Gasteiger partial charge on any atom is -0.493 e. The molecule has 2 aliphatic rings. The second-order valence-corrected chi connectivity index (χ2v) is 16.6. The van der Waals surface area contributed by atoms with Gasteiger partial charge in [0.2, 0.25) is 11.8 Å². The topological polar surface area (TPSA) is 232 Å². The molecule has 0 bridgehead atoms. The minimum atomic E-state index is -1.02. The van der Waals surface area contributed by atoms with Gasteiger partial charge in [0.1, 0.15) is 23.3 Å². The first kappa shape index (κ1) is 44.6. The van der Waals surface area contributed by atoms with E-state index in [9.17, 15) is 33.9 Å². The number of hydrogen-bond acceptors (Lipinski definition) is 10. The van der Waals surface area contributed by atoms with Gasteiger partial charge in [0.05, 0.1) is 47.7 Å². The van der Waals surface area contributed by atoms with Gasteiger partial charge in [-0.3, -0.25) is 33.9 Å². The van der Waals surface area contributed by atoms with Gasteiger partial charge in [0, 0.05) is 68.5 Å². The number of aromatic carboxylic acids is 1. The van der Waals surface area contributed by atoms with Gasteiger partial charge >= 0.3 is 5.97 Å². The quantitative estimate of drug-likeness (QED) is 0.0796. The number of carbonyl (C=O) groups is 6. The Morgan fingerprint density at radius 2 is 1.64 bits per heavy atom. The van der Waals surface area contributed by atoms with Gasteiger partial charge in [-0.1, -0.05) is 32.0 Å². The van der Waals surface area contributed by atoms with E-state index in [1.807, 2.05) is 26.8 Å². The van der Waals surface area contributed by atoms with Crippen LogP contribution in [-0.4, -0.2) is 85.6 Å². The predicted molar refractivity (Wildman–Crippen MR) is 242 cm³/mol. The number of anilines is 3. The molecule has 7 rings (SSSR count). The summed E-state index contributed by atoms with van der Waals surface area (Å²) in [5.41, 5.74) is 12.3. The SMILES string of the molecule is Cc1cc2c(cc1OCCCC(=O)Cc1cn(C)c(C(=O)Nc3ccc(-c4cc(C(=O)O)n(C)c4)cc3)n1)N=C[C@@H]1Cc3ccc(NC(=O)[C@H](C)NC(=O)[C@@H](N)C(C)C)cc3N1C2=O. The second-order valence-electron chi connectivity index (χ2n) is 16.6. The number of rotatable bonds is 16. The number of imidazole rings is 1. The van der Waals surface area contributed by atoms with E-state index >= 15 is 0 Å². The lowest BCUT2D eigenvalue weighted by Crippen LogP contribution is -2.50. The average Bonchev–Trinajstić information content (AvgIpc) is 3.92. The van der Waals surface area contributed by atoms with Crippen LogP contribution >= 0.6 is 0 Å². The third kappa shape index (κ3) is 9.63. The molecule has 0 saturated carbocycles. The molecule has 0 fully saturated rings. The highest BCUT2D eigenvalue weighted by atomic mass is 16.5. The third-order valence-corrected chi connectivity index (χ3v) is 11.3. The van der Waals surface area contributed by atoms with Crippen LogP contribution in [0.1, 0.15) is 81.9 Å². The number of hydrogen-bond donors (Lipinski definition) is 5. The van der Waals surface area contributed by atoms with Crippen molar-refractivity contribution in [1.82, 2.24) is 19.4 Å².